The fraction of sp³-hybridized carbons (Fsp3) is 0.300. The van der Waals surface area contributed by atoms with Crippen LogP contribution in [-0.4, -0.2) is 12.4 Å². The summed E-state index contributed by atoms with van der Waals surface area (Å²) in [5.41, 5.74) is 0.659. The van der Waals surface area contributed by atoms with Gasteiger partial charge in [0.2, 0.25) is 0 Å². The molecular formula is C10H10Br2O2. The molecule has 2 nitrogen and oxygen atoms in total. The highest BCUT2D eigenvalue weighted by Gasteiger charge is 2.10. The zero-order chi connectivity index (χ0) is 10.7. The van der Waals surface area contributed by atoms with Crippen LogP contribution in [0.15, 0.2) is 21.1 Å². The molecule has 0 aliphatic carbocycles. The van der Waals surface area contributed by atoms with Crippen LogP contribution in [-0.2, 0) is 0 Å². The zero-order valence-electron chi connectivity index (χ0n) is 7.93. The van der Waals surface area contributed by atoms with E-state index in [-0.39, 0.29) is 5.78 Å². The third-order valence-corrected chi connectivity index (χ3v) is 2.87. The Morgan fingerprint density at radius 3 is 2.21 bits per heavy atom. The van der Waals surface area contributed by atoms with Gasteiger partial charge in [0.25, 0.3) is 0 Å². The van der Waals surface area contributed by atoms with Gasteiger partial charge in [-0.05, 0) is 57.8 Å². The standard InChI is InChI=1S/C10H10Br2O2/c1-3-14-10-8(11)4-7(6(2)13)5-9(10)12/h4-5H,3H2,1-2H3. The zero-order valence-corrected chi connectivity index (χ0v) is 11.1. The third-order valence-electron chi connectivity index (χ3n) is 1.69. The number of ether oxygens (including phenoxy) is 1. The summed E-state index contributed by atoms with van der Waals surface area (Å²) < 4.78 is 6.98. The Hall–Kier alpha value is -0.350. The van der Waals surface area contributed by atoms with Crippen LogP contribution in [0, 0.1) is 0 Å². The molecular weight excluding hydrogens is 312 g/mol. The van der Waals surface area contributed by atoms with Crippen LogP contribution in [0.2, 0.25) is 0 Å². The number of hydrogen-bond donors (Lipinski definition) is 0. The molecule has 1 aromatic carbocycles. The molecule has 0 spiro atoms. The van der Waals surface area contributed by atoms with E-state index in [4.69, 9.17) is 4.74 Å². The van der Waals surface area contributed by atoms with Gasteiger partial charge in [-0.15, -0.1) is 0 Å². The van der Waals surface area contributed by atoms with E-state index in [1.165, 1.54) is 6.92 Å². The fourth-order valence-electron chi connectivity index (χ4n) is 1.05. The highest BCUT2D eigenvalue weighted by Crippen LogP contribution is 2.34. The van der Waals surface area contributed by atoms with Crippen LogP contribution >= 0.6 is 31.9 Å². The van der Waals surface area contributed by atoms with Crippen molar-refractivity contribution in [3.05, 3.63) is 26.6 Å². The highest BCUT2D eigenvalue weighted by atomic mass is 79.9. The van der Waals surface area contributed by atoms with Crippen molar-refractivity contribution in [3.63, 3.8) is 0 Å². The van der Waals surface area contributed by atoms with E-state index in [1.807, 2.05) is 6.92 Å². The molecule has 0 aromatic heterocycles. The largest absolute Gasteiger partial charge is 0.492 e. The van der Waals surface area contributed by atoms with Gasteiger partial charge in [0.15, 0.2) is 5.78 Å². The maximum Gasteiger partial charge on any atom is 0.159 e. The average molecular weight is 322 g/mol. The van der Waals surface area contributed by atoms with Crippen LogP contribution in [0.4, 0.5) is 0 Å². The Balaban J connectivity index is 3.18. The van der Waals surface area contributed by atoms with Crippen LogP contribution in [0.1, 0.15) is 24.2 Å². The van der Waals surface area contributed by atoms with E-state index in [0.29, 0.717) is 12.2 Å². The fourth-order valence-corrected chi connectivity index (χ4v) is 2.46. The molecule has 0 saturated carbocycles. The van der Waals surface area contributed by atoms with Crippen LogP contribution in [0.5, 0.6) is 5.75 Å². The van der Waals surface area contributed by atoms with E-state index in [0.717, 1.165) is 14.7 Å². The van der Waals surface area contributed by atoms with Crippen molar-refractivity contribution in [3.8, 4) is 5.75 Å². The number of benzene rings is 1. The second-order valence-corrected chi connectivity index (χ2v) is 4.47. The summed E-state index contributed by atoms with van der Waals surface area (Å²) in [6, 6.07) is 3.52. The van der Waals surface area contributed by atoms with Crippen LogP contribution in [0.3, 0.4) is 0 Å². The van der Waals surface area contributed by atoms with Crippen LogP contribution in [0.25, 0.3) is 0 Å². The summed E-state index contributed by atoms with van der Waals surface area (Å²) in [5, 5.41) is 0. The summed E-state index contributed by atoms with van der Waals surface area (Å²) >= 11 is 6.72. The van der Waals surface area contributed by atoms with E-state index in [9.17, 15) is 4.79 Å². The topological polar surface area (TPSA) is 26.3 Å². The van der Waals surface area contributed by atoms with Gasteiger partial charge in [-0.2, -0.15) is 0 Å². The molecule has 0 N–H and O–H groups in total. The Bertz CT molecular complexity index is 338. The molecule has 0 heterocycles. The van der Waals surface area contributed by atoms with Crippen molar-refractivity contribution < 1.29 is 9.53 Å². The minimum absolute atomic E-state index is 0.0365. The predicted molar refractivity (Wildman–Crippen MR) is 63.0 cm³/mol. The molecule has 0 bridgehead atoms. The number of ketones is 1. The van der Waals surface area contributed by atoms with E-state index < -0.39 is 0 Å². The van der Waals surface area contributed by atoms with Crippen LogP contribution < -0.4 is 4.74 Å². The quantitative estimate of drug-likeness (QED) is 0.791. The van der Waals surface area contributed by atoms with Gasteiger partial charge in [0, 0.05) is 5.56 Å². The first-order valence-corrected chi connectivity index (χ1v) is 5.77. The monoisotopic (exact) mass is 320 g/mol. The average Bonchev–Trinajstić information content (AvgIpc) is 2.10. The Labute approximate surface area is 99.9 Å². The van der Waals surface area contributed by atoms with E-state index in [2.05, 4.69) is 31.9 Å². The molecule has 1 aromatic rings. The predicted octanol–water partition coefficient (Wildman–Crippen LogP) is 3.81. The lowest BCUT2D eigenvalue weighted by molar-refractivity contribution is 0.101. The smallest absolute Gasteiger partial charge is 0.159 e. The van der Waals surface area contributed by atoms with Crippen molar-refractivity contribution in [2.24, 2.45) is 0 Å². The van der Waals surface area contributed by atoms with Crippen molar-refractivity contribution in [2.45, 2.75) is 13.8 Å². The molecule has 0 fully saturated rings. The lowest BCUT2D eigenvalue weighted by atomic mass is 10.1. The van der Waals surface area contributed by atoms with Gasteiger partial charge in [0.1, 0.15) is 5.75 Å². The van der Waals surface area contributed by atoms with Crippen molar-refractivity contribution in [1.29, 1.82) is 0 Å². The minimum atomic E-state index is 0.0365. The van der Waals surface area contributed by atoms with E-state index >= 15 is 0 Å². The number of carbonyl (C=O) groups excluding carboxylic acids is 1. The first kappa shape index (κ1) is 11.7. The molecule has 14 heavy (non-hydrogen) atoms. The Morgan fingerprint density at radius 1 is 1.36 bits per heavy atom. The second-order valence-electron chi connectivity index (χ2n) is 2.76. The number of carbonyl (C=O) groups is 1. The summed E-state index contributed by atoms with van der Waals surface area (Å²) in [4.78, 5) is 11.1. The molecule has 0 amide bonds. The lowest BCUT2D eigenvalue weighted by Gasteiger charge is -2.09. The first-order valence-electron chi connectivity index (χ1n) is 4.19. The van der Waals surface area contributed by atoms with E-state index in [1.54, 1.807) is 12.1 Å². The lowest BCUT2D eigenvalue weighted by Crippen LogP contribution is -1.97. The molecule has 76 valence electrons. The highest BCUT2D eigenvalue weighted by molar-refractivity contribution is 9.11. The summed E-state index contributed by atoms with van der Waals surface area (Å²) in [7, 11) is 0. The Kier molecular flexibility index (Phi) is 4.13. The summed E-state index contributed by atoms with van der Waals surface area (Å²) in [6.07, 6.45) is 0. The van der Waals surface area contributed by atoms with Gasteiger partial charge < -0.3 is 4.74 Å². The van der Waals surface area contributed by atoms with Gasteiger partial charge >= 0.3 is 0 Å². The van der Waals surface area contributed by atoms with Gasteiger partial charge in [-0.1, -0.05) is 0 Å². The maximum atomic E-state index is 11.1. The second kappa shape index (κ2) is 4.94. The summed E-state index contributed by atoms with van der Waals surface area (Å²) in [5.74, 6) is 0.770. The van der Waals surface area contributed by atoms with Gasteiger partial charge in [-0.25, -0.2) is 0 Å². The van der Waals surface area contributed by atoms with Crippen molar-refractivity contribution in [1.82, 2.24) is 0 Å². The summed E-state index contributed by atoms with van der Waals surface area (Å²) in [6.45, 7) is 4.04. The molecule has 0 unspecified atom stereocenters. The maximum absolute atomic E-state index is 11.1. The number of hydrogen-bond acceptors (Lipinski definition) is 2. The molecule has 4 heteroatoms. The molecule has 0 aliphatic rings. The molecule has 0 radical (unpaired) electrons. The molecule has 0 atom stereocenters. The first-order chi connectivity index (χ1) is 6.56. The van der Waals surface area contributed by atoms with Gasteiger partial charge in [0.05, 0.1) is 15.6 Å². The number of rotatable bonds is 3. The number of halogens is 2. The minimum Gasteiger partial charge on any atom is -0.492 e. The van der Waals surface area contributed by atoms with Crippen molar-refractivity contribution in [2.75, 3.05) is 6.61 Å². The SMILES string of the molecule is CCOc1c(Br)cc(C(C)=O)cc1Br. The molecule has 0 aliphatic heterocycles. The Morgan fingerprint density at radius 2 is 1.86 bits per heavy atom. The third kappa shape index (κ3) is 2.58. The normalized spacial score (nSPS) is 10.0. The van der Waals surface area contributed by atoms with Crippen molar-refractivity contribution >= 4 is 37.6 Å². The van der Waals surface area contributed by atoms with Gasteiger partial charge in [-0.3, -0.25) is 4.79 Å². The molecule has 1 rings (SSSR count). The molecule has 0 saturated heterocycles. The number of Topliss-reactive ketones (excluding diaryl/α,β-unsaturated/α-hetero) is 1.